The lowest BCUT2D eigenvalue weighted by Gasteiger charge is -2.49. The number of aliphatic carboxylic acids is 1. The highest BCUT2D eigenvalue weighted by molar-refractivity contribution is 6.03. The summed E-state index contributed by atoms with van der Waals surface area (Å²) in [6.07, 6.45) is 9.55. The Kier molecular flexibility index (Phi) is 6.20. The molecule has 3 aromatic carbocycles. The Morgan fingerprint density at radius 2 is 1.71 bits per heavy atom. The van der Waals surface area contributed by atoms with Crippen molar-refractivity contribution >= 4 is 44.1 Å². The third kappa shape index (κ3) is 4.34. The summed E-state index contributed by atoms with van der Waals surface area (Å²) in [5.41, 5.74) is 8.56. The van der Waals surface area contributed by atoms with E-state index in [1.165, 1.54) is 50.3 Å². The highest BCUT2D eigenvalue weighted by Gasteiger charge is 2.46. The van der Waals surface area contributed by atoms with Crippen LogP contribution in [0.25, 0.3) is 49.4 Å². The van der Waals surface area contributed by atoms with Crippen molar-refractivity contribution in [1.82, 2.24) is 19.3 Å². The molecule has 6 heterocycles. The van der Waals surface area contributed by atoms with Gasteiger partial charge in [-0.15, -0.1) is 0 Å². The smallest absolute Gasteiger partial charge is 0.306 e. The van der Waals surface area contributed by atoms with Crippen molar-refractivity contribution in [3.8, 4) is 11.3 Å². The van der Waals surface area contributed by atoms with Gasteiger partial charge in [-0.1, -0.05) is 67.1 Å². The van der Waals surface area contributed by atoms with Crippen molar-refractivity contribution in [3.05, 3.63) is 109 Å². The third-order valence-corrected chi connectivity index (χ3v) is 10.9. The number of pyridine rings is 2. The number of benzene rings is 3. The van der Waals surface area contributed by atoms with Gasteiger partial charge >= 0.3 is 5.97 Å². The van der Waals surface area contributed by atoms with Crippen LogP contribution >= 0.6 is 0 Å². The van der Waals surface area contributed by atoms with Crippen LogP contribution in [-0.2, 0) is 11.2 Å². The first-order valence-electron chi connectivity index (χ1n) is 16.4. The average Bonchev–Trinajstić information content (AvgIpc) is 3.65. The minimum atomic E-state index is -0.578. The fourth-order valence-corrected chi connectivity index (χ4v) is 8.80. The summed E-state index contributed by atoms with van der Waals surface area (Å²) in [6.45, 7) is 2.19. The van der Waals surface area contributed by atoms with Gasteiger partial charge in [0.25, 0.3) is 0 Å². The van der Waals surface area contributed by atoms with Crippen LogP contribution in [0, 0.1) is 17.8 Å². The molecule has 0 radical (unpaired) electrons. The summed E-state index contributed by atoms with van der Waals surface area (Å²) in [5.74, 6) is 0.198. The fraction of sp³-hybridized carbons (Fsp3) is 0.282. The Morgan fingerprint density at radius 1 is 0.911 bits per heavy atom. The maximum absolute atomic E-state index is 11.7. The van der Waals surface area contributed by atoms with Gasteiger partial charge in [0, 0.05) is 53.0 Å². The van der Waals surface area contributed by atoms with Crippen LogP contribution in [0.1, 0.15) is 43.0 Å². The van der Waals surface area contributed by atoms with Gasteiger partial charge in [-0.25, -0.2) is 4.98 Å². The number of carboxylic acid groups (broad SMARTS) is 1. The molecule has 2 N–H and O–H groups in total. The number of aromatic nitrogens is 3. The Balaban J connectivity index is 0.000000126. The van der Waals surface area contributed by atoms with Gasteiger partial charge in [0.05, 0.1) is 28.7 Å². The number of para-hydroxylation sites is 2. The second-order valence-corrected chi connectivity index (χ2v) is 13.3. The zero-order valence-corrected chi connectivity index (χ0v) is 25.2. The maximum Gasteiger partial charge on any atom is 0.306 e. The second-order valence-electron chi connectivity index (χ2n) is 13.3. The molecule has 2 aromatic heterocycles. The Morgan fingerprint density at radius 3 is 2.60 bits per heavy atom. The van der Waals surface area contributed by atoms with Crippen LogP contribution < -0.4 is 0 Å². The normalized spacial score (nSPS) is 23.0. The van der Waals surface area contributed by atoms with Crippen molar-refractivity contribution in [2.24, 2.45) is 17.8 Å². The van der Waals surface area contributed by atoms with Crippen molar-refractivity contribution in [1.29, 1.82) is 0 Å². The number of hydrogen-bond acceptors (Lipinski definition) is 3. The molecule has 1 unspecified atom stereocenters. The molecule has 0 bridgehead atoms. The molecule has 4 aliphatic heterocycles. The molecule has 4 atom stereocenters. The molecule has 224 valence electrons. The first-order valence-corrected chi connectivity index (χ1v) is 16.4. The molecule has 1 saturated heterocycles. The third-order valence-electron chi connectivity index (χ3n) is 10.9. The molecular formula is C39H36N4O2. The van der Waals surface area contributed by atoms with Gasteiger partial charge in [-0.3, -0.25) is 9.69 Å². The van der Waals surface area contributed by atoms with E-state index < -0.39 is 5.97 Å². The average molecular weight is 593 g/mol. The van der Waals surface area contributed by atoms with Crippen LogP contribution in [0.15, 0.2) is 97.3 Å². The van der Waals surface area contributed by atoms with Crippen molar-refractivity contribution in [2.75, 3.05) is 13.1 Å². The molecule has 45 heavy (non-hydrogen) atoms. The number of carbonyl (C=O) groups is 1. The van der Waals surface area contributed by atoms with Crippen LogP contribution in [0.5, 0.6) is 0 Å². The summed E-state index contributed by atoms with van der Waals surface area (Å²) < 4.78 is 2.16. The lowest BCUT2D eigenvalue weighted by atomic mass is 9.66. The van der Waals surface area contributed by atoms with Crippen LogP contribution in [0.3, 0.4) is 0 Å². The van der Waals surface area contributed by atoms with Crippen LogP contribution in [0.4, 0.5) is 0 Å². The summed E-state index contributed by atoms with van der Waals surface area (Å²) in [7, 11) is 0. The van der Waals surface area contributed by atoms with E-state index in [0.29, 0.717) is 17.9 Å². The summed E-state index contributed by atoms with van der Waals surface area (Å²) in [4.78, 5) is 22.8. The SMILES string of the molecule is O=C(O)C1CCC[C@H]2CN3CCc4c([nH]c5ccccc45)[C@@H]3C[C@H]12.c1ccc2cn3ccc4c5ccccc5nc-4c3cc2c1. The van der Waals surface area contributed by atoms with E-state index in [0.717, 1.165) is 55.5 Å². The minimum absolute atomic E-state index is 0.138. The maximum atomic E-state index is 11.7. The number of H-pyrrole nitrogens is 1. The number of hydrogen-bond donors (Lipinski definition) is 2. The largest absolute Gasteiger partial charge is 0.481 e. The summed E-state index contributed by atoms with van der Waals surface area (Å²) in [5, 5.41) is 14.7. The molecule has 10 rings (SSSR count). The highest BCUT2D eigenvalue weighted by atomic mass is 16.4. The standard InChI is InChI=1S/C20H24N2O2.C19H12N2/c23-20(24)15-6-3-4-12-11-22-9-8-14-13-5-1-2-7-17(13)21-19(14)18(22)10-16(12)15;1-2-6-14-12-21-10-9-16-15-7-3-4-8-17(15)20-19(16)18(21)11-13(14)5-1/h1-2,5,7,12,15-16,18,21H,3-4,6,8-11H2,(H,23,24);1-12H/t12-,15?,16-,18-;/m0./s1. The number of carboxylic acids is 1. The van der Waals surface area contributed by atoms with Crippen molar-refractivity contribution in [3.63, 3.8) is 0 Å². The lowest BCUT2D eigenvalue weighted by Crippen LogP contribution is -2.50. The van der Waals surface area contributed by atoms with E-state index >= 15 is 0 Å². The van der Waals surface area contributed by atoms with Crippen molar-refractivity contribution < 1.29 is 9.90 Å². The number of rotatable bonds is 1. The minimum Gasteiger partial charge on any atom is -0.481 e. The lowest BCUT2D eigenvalue weighted by molar-refractivity contribution is -0.148. The Hall–Kier alpha value is -4.68. The van der Waals surface area contributed by atoms with Gasteiger partial charge in [-0.05, 0) is 78.1 Å². The molecular weight excluding hydrogens is 556 g/mol. The topological polar surface area (TPSA) is 73.6 Å². The molecule has 0 spiro atoms. The van der Waals surface area contributed by atoms with E-state index in [-0.39, 0.29) is 5.92 Å². The van der Waals surface area contributed by atoms with E-state index in [1.807, 2.05) is 6.07 Å². The second kappa shape index (κ2) is 10.5. The number of nitrogens with zero attached hydrogens (tertiary/aromatic N) is 3. The number of nitrogens with one attached hydrogen (secondary N) is 1. The zero-order valence-electron chi connectivity index (χ0n) is 25.2. The van der Waals surface area contributed by atoms with Crippen LogP contribution in [-0.4, -0.2) is 43.4 Å². The first-order chi connectivity index (χ1) is 22.1. The quantitative estimate of drug-likeness (QED) is 0.188. The summed E-state index contributed by atoms with van der Waals surface area (Å²) in [6, 6.07) is 30.1. The van der Waals surface area contributed by atoms with Crippen LogP contribution in [0.2, 0.25) is 0 Å². The van der Waals surface area contributed by atoms with E-state index in [1.54, 1.807) is 0 Å². The molecule has 6 nitrogen and oxygen atoms in total. The Labute approximate surface area is 261 Å². The zero-order chi connectivity index (χ0) is 30.1. The Bertz CT molecular complexity index is 2190. The fourth-order valence-electron chi connectivity index (χ4n) is 8.80. The molecule has 1 aliphatic carbocycles. The number of fused-ring (bicyclic) bond motifs is 12. The van der Waals surface area contributed by atoms with Gasteiger partial charge < -0.3 is 14.5 Å². The predicted molar refractivity (Wildman–Crippen MR) is 180 cm³/mol. The van der Waals surface area contributed by atoms with E-state index in [4.69, 9.17) is 4.98 Å². The molecule has 5 aromatic rings. The predicted octanol–water partition coefficient (Wildman–Crippen LogP) is 8.33. The molecule has 1 saturated carbocycles. The van der Waals surface area contributed by atoms with E-state index in [2.05, 4.69) is 106 Å². The van der Waals surface area contributed by atoms with Crippen molar-refractivity contribution in [2.45, 2.75) is 38.1 Å². The molecule has 5 aliphatic rings. The number of piperidine rings is 1. The molecule has 0 amide bonds. The first kappa shape index (κ1) is 26.7. The van der Waals surface area contributed by atoms with Gasteiger partial charge in [-0.2, -0.15) is 0 Å². The van der Waals surface area contributed by atoms with Gasteiger partial charge in [0.2, 0.25) is 0 Å². The van der Waals surface area contributed by atoms with E-state index in [9.17, 15) is 9.90 Å². The summed E-state index contributed by atoms with van der Waals surface area (Å²) >= 11 is 0. The molecule has 2 fully saturated rings. The highest BCUT2D eigenvalue weighted by Crippen LogP contribution is 2.49. The number of aromatic amines is 1. The monoisotopic (exact) mass is 592 g/mol. The van der Waals surface area contributed by atoms with Gasteiger partial charge in [0.1, 0.15) is 0 Å². The van der Waals surface area contributed by atoms with Gasteiger partial charge in [0.15, 0.2) is 0 Å². The molecule has 6 heteroatoms.